The van der Waals surface area contributed by atoms with E-state index in [1.807, 2.05) is 32.0 Å². The highest BCUT2D eigenvalue weighted by molar-refractivity contribution is 5.77. The summed E-state index contributed by atoms with van der Waals surface area (Å²) in [7, 11) is 0. The van der Waals surface area contributed by atoms with Gasteiger partial charge in [0.2, 0.25) is 5.91 Å². The number of nitrogens with zero attached hydrogens (tertiary/aromatic N) is 4. The topological polar surface area (TPSA) is 72.2 Å². The second-order valence-corrected chi connectivity index (χ2v) is 6.66. The standard InChI is InChI=1S/C19H21N5O/c1-12-15(13(2)24-19(22-12)20-11-21-24)8-9-18(25)23-17-10-16(17)14-6-4-3-5-7-14/h3-7,11,16-17H,8-10H2,1-2H3,(H,23,25)/t16-,17-/m0/s1. The average Bonchev–Trinajstić information content (AvgIpc) is 3.20. The van der Waals surface area contributed by atoms with Gasteiger partial charge in [0.25, 0.3) is 5.78 Å². The van der Waals surface area contributed by atoms with Gasteiger partial charge in [0.05, 0.1) is 0 Å². The molecule has 2 atom stereocenters. The van der Waals surface area contributed by atoms with Crippen LogP contribution in [0.4, 0.5) is 0 Å². The minimum atomic E-state index is 0.0981. The molecule has 1 fully saturated rings. The molecule has 0 aliphatic heterocycles. The number of fused-ring (bicyclic) bond motifs is 1. The van der Waals surface area contributed by atoms with E-state index in [2.05, 4.69) is 32.5 Å². The summed E-state index contributed by atoms with van der Waals surface area (Å²) in [6.07, 6.45) is 3.65. The Morgan fingerprint density at radius 1 is 1.28 bits per heavy atom. The first-order valence-electron chi connectivity index (χ1n) is 8.63. The number of aromatic nitrogens is 4. The van der Waals surface area contributed by atoms with Crippen LogP contribution in [-0.2, 0) is 11.2 Å². The van der Waals surface area contributed by atoms with Gasteiger partial charge in [0.1, 0.15) is 6.33 Å². The zero-order chi connectivity index (χ0) is 17.4. The van der Waals surface area contributed by atoms with E-state index < -0.39 is 0 Å². The average molecular weight is 335 g/mol. The predicted molar refractivity (Wildman–Crippen MR) is 94.3 cm³/mol. The van der Waals surface area contributed by atoms with E-state index in [4.69, 9.17) is 0 Å². The van der Waals surface area contributed by atoms with Crippen LogP contribution < -0.4 is 5.32 Å². The van der Waals surface area contributed by atoms with E-state index in [-0.39, 0.29) is 11.9 Å². The lowest BCUT2D eigenvalue weighted by atomic mass is 10.1. The molecule has 1 N–H and O–H groups in total. The highest BCUT2D eigenvalue weighted by Gasteiger charge is 2.39. The minimum Gasteiger partial charge on any atom is -0.353 e. The van der Waals surface area contributed by atoms with Crippen molar-refractivity contribution in [1.82, 2.24) is 24.9 Å². The number of hydrogen-bond donors (Lipinski definition) is 1. The smallest absolute Gasteiger partial charge is 0.252 e. The Balaban J connectivity index is 1.37. The Bertz CT molecular complexity index is 918. The second kappa shape index (κ2) is 6.27. The van der Waals surface area contributed by atoms with E-state index >= 15 is 0 Å². The first-order valence-corrected chi connectivity index (χ1v) is 8.63. The molecule has 0 bridgehead atoms. The van der Waals surface area contributed by atoms with E-state index in [0.29, 0.717) is 24.5 Å². The number of nitrogens with one attached hydrogen (secondary N) is 1. The third-order valence-electron chi connectivity index (χ3n) is 4.96. The van der Waals surface area contributed by atoms with E-state index in [1.54, 1.807) is 4.52 Å². The molecule has 1 aliphatic carbocycles. The molecule has 0 unspecified atom stereocenters. The molecule has 2 heterocycles. The van der Waals surface area contributed by atoms with Crippen molar-refractivity contribution < 1.29 is 4.79 Å². The number of hydrogen-bond acceptors (Lipinski definition) is 4. The van der Waals surface area contributed by atoms with Crippen LogP contribution in [0.3, 0.4) is 0 Å². The van der Waals surface area contributed by atoms with Gasteiger partial charge in [-0.15, -0.1) is 0 Å². The fraction of sp³-hybridized carbons (Fsp3) is 0.368. The number of amides is 1. The Morgan fingerprint density at radius 2 is 2.08 bits per heavy atom. The van der Waals surface area contributed by atoms with Crippen LogP contribution in [0.25, 0.3) is 5.78 Å². The zero-order valence-corrected chi connectivity index (χ0v) is 14.4. The molecular formula is C19H21N5O. The predicted octanol–water partition coefficient (Wildman–Crippen LogP) is 2.35. The Kier molecular flexibility index (Phi) is 3.95. The van der Waals surface area contributed by atoms with Gasteiger partial charge >= 0.3 is 0 Å². The lowest BCUT2D eigenvalue weighted by Crippen LogP contribution is -2.27. The lowest BCUT2D eigenvalue weighted by Gasteiger charge is -2.10. The first kappa shape index (κ1) is 15.7. The van der Waals surface area contributed by atoms with Gasteiger partial charge in [0.15, 0.2) is 0 Å². The summed E-state index contributed by atoms with van der Waals surface area (Å²) in [5.74, 6) is 1.16. The maximum Gasteiger partial charge on any atom is 0.252 e. The first-order chi connectivity index (χ1) is 12.1. The summed E-state index contributed by atoms with van der Waals surface area (Å²) in [6.45, 7) is 3.96. The van der Waals surface area contributed by atoms with Gasteiger partial charge in [-0.25, -0.2) is 9.50 Å². The summed E-state index contributed by atoms with van der Waals surface area (Å²) in [5.41, 5.74) is 4.30. The molecule has 6 nitrogen and oxygen atoms in total. The quantitative estimate of drug-likeness (QED) is 0.777. The maximum absolute atomic E-state index is 12.3. The molecule has 1 aliphatic rings. The van der Waals surface area contributed by atoms with Gasteiger partial charge in [-0.3, -0.25) is 4.79 Å². The summed E-state index contributed by atoms with van der Waals surface area (Å²) >= 11 is 0. The normalized spacial score (nSPS) is 19.1. The Morgan fingerprint density at radius 3 is 2.88 bits per heavy atom. The van der Waals surface area contributed by atoms with Crippen molar-refractivity contribution in [2.75, 3.05) is 0 Å². The van der Waals surface area contributed by atoms with Crippen LogP contribution in [0.15, 0.2) is 36.7 Å². The summed E-state index contributed by atoms with van der Waals surface area (Å²) in [6, 6.07) is 10.6. The van der Waals surface area contributed by atoms with Gasteiger partial charge in [0, 0.05) is 29.8 Å². The number of rotatable bonds is 5. The third-order valence-corrected chi connectivity index (χ3v) is 4.96. The van der Waals surface area contributed by atoms with Gasteiger partial charge in [-0.2, -0.15) is 10.1 Å². The SMILES string of the molecule is Cc1nc2ncnn2c(C)c1CCC(=O)N[C@H]1C[C@H]1c1ccccc1. The minimum absolute atomic E-state index is 0.0981. The van der Waals surface area contributed by atoms with Crippen LogP contribution in [-0.4, -0.2) is 31.5 Å². The van der Waals surface area contributed by atoms with E-state index in [1.165, 1.54) is 11.9 Å². The fourth-order valence-electron chi connectivity index (χ4n) is 3.46. The molecule has 4 rings (SSSR count). The monoisotopic (exact) mass is 335 g/mol. The van der Waals surface area contributed by atoms with Crippen LogP contribution in [0.5, 0.6) is 0 Å². The molecule has 0 spiro atoms. The molecule has 1 saturated carbocycles. The molecule has 6 heteroatoms. The number of benzene rings is 1. The molecule has 25 heavy (non-hydrogen) atoms. The molecular weight excluding hydrogens is 314 g/mol. The maximum atomic E-state index is 12.3. The van der Waals surface area contributed by atoms with Gasteiger partial charge in [-0.1, -0.05) is 30.3 Å². The van der Waals surface area contributed by atoms with Crippen molar-refractivity contribution in [1.29, 1.82) is 0 Å². The van der Waals surface area contributed by atoms with E-state index in [0.717, 1.165) is 23.4 Å². The largest absolute Gasteiger partial charge is 0.353 e. The van der Waals surface area contributed by atoms with Crippen molar-refractivity contribution >= 4 is 11.7 Å². The molecule has 3 aromatic rings. The lowest BCUT2D eigenvalue weighted by molar-refractivity contribution is -0.121. The molecule has 1 aromatic carbocycles. The summed E-state index contributed by atoms with van der Waals surface area (Å²) in [5, 5.41) is 7.34. The third kappa shape index (κ3) is 3.12. The second-order valence-electron chi connectivity index (χ2n) is 6.66. The van der Waals surface area contributed by atoms with Crippen molar-refractivity contribution in [2.24, 2.45) is 0 Å². The molecule has 2 aromatic heterocycles. The van der Waals surface area contributed by atoms with E-state index in [9.17, 15) is 4.79 Å². The van der Waals surface area contributed by atoms with Crippen LogP contribution in [0.2, 0.25) is 0 Å². The summed E-state index contributed by atoms with van der Waals surface area (Å²) < 4.78 is 1.73. The Hall–Kier alpha value is -2.76. The number of carbonyl (C=O) groups is 1. The van der Waals surface area contributed by atoms with Crippen molar-refractivity contribution in [3.8, 4) is 0 Å². The molecule has 1 amide bonds. The molecule has 0 saturated heterocycles. The molecule has 0 radical (unpaired) electrons. The number of carbonyl (C=O) groups excluding carboxylic acids is 1. The summed E-state index contributed by atoms with van der Waals surface area (Å²) in [4.78, 5) is 20.9. The van der Waals surface area contributed by atoms with Gasteiger partial charge < -0.3 is 5.32 Å². The number of aryl methyl sites for hydroxylation is 2. The highest BCUT2D eigenvalue weighted by atomic mass is 16.1. The molecule has 128 valence electrons. The highest BCUT2D eigenvalue weighted by Crippen LogP contribution is 2.40. The van der Waals surface area contributed by atoms with Crippen molar-refractivity contribution in [2.45, 2.75) is 45.1 Å². The fourth-order valence-corrected chi connectivity index (χ4v) is 3.46. The Labute approximate surface area is 146 Å². The van der Waals surface area contributed by atoms with Crippen LogP contribution in [0, 0.1) is 13.8 Å². The van der Waals surface area contributed by atoms with Gasteiger partial charge in [-0.05, 0) is 37.8 Å². The zero-order valence-electron chi connectivity index (χ0n) is 14.4. The van der Waals surface area contributed by atoms with Crippen LogP contribution in [0.1, 0.15) is 41.3 Å². The van der Waals surface area contributed by atoms with Crippen molar-refractivity contribution in [3.05, 3.63) is 59.2 Å². The van der Waals surface area contributed by atoms with Crippen LogP contribution >= 0.6 is 0 Å². The van der Waals surface area contributed by atoms with Crippen molar-refractivity contribution in [3.63, 3.8) is 0 Å².